The Morgan fingerprint density at radius 2 is 2.28 bits per heavy atom. The lowest BCUT2D eigenvalue weighted by Gasteiger charge is -2.44. The molecular weight excluding hydrogens is 228 g/mol. The topological polar surface area (TPSA) is 35.5 Å². The fraction of sp³-hybridized carbons (Fsp3) is 0.533. The van der Waals surface area contributed by atoms with Crippen LogP contribution >= 0.6 is 0 Å². The molecule has 3 nitrogen and oxygen atoms in total. The number of hydrogen-bond acceptors (Lipinski definition) is 3. The molecule has 0 spiro atoms. The summed E-state index contributed by atoms with van der Waals surface area (Å²) in [6, 6.07) is 0. The van der Waals surface area contributed by atoms with Crippen LogP contribution in [0.4, 0.5) is 0 Å². The summed E-state index contributed by atoms with van der Waals surface area (Å²) in [5.74, 6) is 0.139. The Morgan fingerprint density at radius 3 is 3.06 bits per heavy atom. The summed E-state index contributed by atoms with van der Waals surface area (Å²) in [6.07, 6.45) is 7.53. The summed E-state index contributed by atoms with van der Waals surface area (Å²) in [5, 5.41) is 0. The quantitative estimate of drug-likeness (QED) is 0.487. The lowest BCUT2D eigenvalue weighted by molar-refractivity contribution is -0.143. The maximum absolute atomic E-state index is 11.7. The first-order valence-electron chi connectivity index (χ1n) is 6.42. The molecule has 0 aromatic carbocycles. The number of carbonyl (C=O) groups is 1. The van der Waals surface area contributed by atoms with E-state index in [2.05, 4.69) is 19.6 Å². The van der Waals surface area contributed by atoms with E-state index in [1.165, 1.54) is 0 Å². The van der Waals surface area contributed by atoms with E-state index in [-0.39, 0.29) is 29.3 Å². The number of esters is 1. The molecule has 0 N–H and O–H groups in total. The normalized spacial score (nSPS) is 42.3. The summed E-state index contributed by atoms with van der Waals surface area (Å²) < 4.78 is 10.9. The van der Waals surface area contributed by atoms with Crippen molar-refractivity contribution in [2.45, 2.75) is 32.8 Å². The predicted molar refractivity (Wildman–Crippen MR) is 67.3 cm³/mol. The number of carbonyl (C=O) groups excluding carboxylic acids is 1. The number of fused-ring (bicyclic) bond motifs is 3. The standard InChI is InChI=1S/C15H18O3/c1-9-8-17-7-6-15(3)5-4-11-10(2)14(16)18-13(11)12(9)15/h6-8,11-13H,2,4-5H2,1,3H3/t11-,12-,13-,15-/m0/s1. The van der Waals surface area contributed by atoms with Gasteiger partial charge in [-0.3, -0.25) is 0 Å². The molecule has 1 saturated carbocycles. The molecule has 1 aliphatic carbocycles. The highest BCUT2D eigenvalue weighted by Crippen LogP contribution is 2.53. The van der Waals surface area contributed by atoms with E-state index < -0.39 is 0 Å². The zero-order valence-electron chi connectivity index (χ0n) is 10.8. The highest BCUT2D eigenvalue weighted by Gasteiger charge is 2.53. The Hall–Kier alpha value is -1.51. The highest BCUT2D eigenvalue weighted by molar-refractivity contribution is 5.91. The van der Waals surface area contributed by atoms with Crippen molar-refractivity contribution >= 4 is 5.97 Å². The number of ether oxygens (including phenoxy) is 2. The molecule has 1 saturated heterocycles. The first-order valence-corrected chi connectivity index (χ1v) is 6.42. The van der Waals surface area contributed by atoms with Gasteiger partial charge in [0.1, 0.15) is 6.10 Å². The third kappa shape index (κ3) is 1.46. The van der Waals surface area contributed by atoms with Crippen molar-refractivity contribution in [3.8, 4) is 0 Å². The van der Waals surface area contributed by atoms with Crippen molar-refractivity contribution in [3.05, 3.63) is 36.3 Å². The minimum absolute atomic E-state index is 0.00313. The monoisotopic (exact) mass is 246 g/mol. The molecule has 0 bridgehead atoms. The van der Waals surface area contributed by atoms with Gasteiger partial charge in [-0.1, -0.05) is 13.5 Å². The highest BCUT2D eigenvalue weighted by atomic mass is 16.6. The van der Waals surface area contributed by atoms with Crippen LogP contribution in [-0.2, 0) is 14.3 Å². The van der Waals surface area contributed by atoms with Crippen molar-refractivity contribution in [2.75, 3.05) is 0 Å². The van der Waals surface area contributed by atoms with Gasteiger partial charge in [-0.15, -0.1) is 0 Å². The van der Waals surface area contributed by atoms with Gasteiger partial charge in [-0.25, -0.2) is 4.79 Å². The van der Waals surface area contributed by atoms with E-state index in [0.717, 1.165) is 18.4 Å². The maximum Gasteiger partial charge on any atom is 0.334 e. The van der Waals surface area contributed by atoms with Crippen LogP contribution < -0.4 is 0 Å². The van der Waals surface area contributed by atoms with Crippen LogP contribution in [0.25, 0.3) is 0 Å². The van der Waals surface area contributed by atoms with Crippen LogP contribution in [0, 0.1) is 17.3 Å². The van der Waals surface area contributed by atoms with Crippen molar-refractivity contribution in [2.24, 2.45) is 17.3 Å². The van der Waals surface area contributed by atoms with Crippen molar-refractivity contribution in [3.63, 3.8) is 0 Å². The summed E-state index contributed by atoms with van der Waals surface area (Å²) in [7, 11) is 0. The molecule has 0 amide bonds. The molecular formula is C15H18O3. The van der Waals surface area contributed by atoms with Crippen LogP contribution in [0.5, 0.6) is 0 Å². The Balaban J connectivity index is 2.04. The van der Waals surface area contributed by atoms with E-state index >= 15 is 0 Å². The number of hydrogen-bond donors (Lipinski definition) is 0. The molecule has 4 atom stereocenters. The SMILES string of the molecule is C=C1C(=O)O[C@H]2[C@H]1CC[C@@]1(C)C=COC=C(C)[C@@H]21. The second kappa shape index (κ2) is 3.74. The zero-order valence-corrected chi connectivity index (χ0v) is 10.8. The van der Waals surface area contributed by atoms with E-state index in [1.807, 2.05) is 6.92 Å². The summed E-state index contributed by atoms with van der Waals surface area (Å²) in [5.41, 5.74) is 1.78. The van der Waals surface area contributed by atoms with Crippen molar-refractivity contribution in [1.29, 1.82) is 0 Å². The lowest BCUT2D eigenvalue weighted by atomic mass is 9.60. The second-order valence-electron chi connectivity index (χ2n) is 5.82. The molecule has 0 unspecified atom stereocenters. The van der Waals surface area contributed by atoms with Crippen molar-refractivity contribution in [1.82, 2.24) is 0 Å². The van der Waals surface area contributed by atoms with Gasteiger partial charge in [0.05, 0.1) is 12.5 Å². The van der Waals surface area contributed by atoms with Gasteiger partial charge >= 0.3 is 5.97 Å². The lowest BCUT2D eigenvalue weighted by Crippen LogP contribution is -2.43. The van der Waals surface area contributed by atoms with Gasteiger partial charge in [-0.2, -0.15) is 0 Å². The molecule has 0 aromatic rings. The molecule has 0 radical (unpaired) electrons. The van der Waals surface area contributed by atoms with E-state index in [0.29, 0.717) is 5.57 Å². The van der Waals surface area contributed by atoms with Gasteiger partial charge in [0.15, 0.2) is 0 Å². The number of allylic oxidation sites excluding steroid dienone is 1. The van der Waals surface area contributed by atoms with Gasteiger partial charge in [-0.05, 0) is 36.8 Å². The smallest absolute Gasteiger partial charge is 0.334 e. The minimum atomic E-state index is -0.226. The van der Waals surface area contributed by atoms with Crippen LogP contribution in [0.2, 0.25) is 0 Å². The second-order valence-corrected chi connectivity index (χ2v) is 5.82. The van der Waals surface area contributed by atoms with Crippen LogP contribution in [0.1, 0.15) is 26.7 Å². The van der Waals surface area contributed by atoms with E-state index in [1.54, 1.807) is 12.5 Å². The van der Waals surface area contributed by atoms with Gasteiger partial charge in [0.25, 0.3) is 0 Å². The average molecular weight is 246 g/mol. The van der Waals surface area contributed by atoms with Gasteiger partial charge in [0.2, 0.25) is 0 Å². The Labute approximate surface area is 107 Å². The Kier molecular flexibility index (Phi) is 2.40. The van der Waals surface area contributed by atoms with Crippen LogP contribution in [-0.4, -0.2) is 12.1 Å². The average Bonchev–Trinajstić information content (AvgIpc) is 2.51. The molecule has 3 aliphatic rings. The predicted octanol–water partition coefficient (Wildman–Crippen LogP) is 2.95. The molecule has 2 aliphatic heterocycles. The molecule has 18 heavy (non-hydrogen) atoms. The summed E-state index contributed by atoms with van der Waals surface area (Å²) in [6.45, 7) is 8.15. The minimum Gasteiger partial charge on any atom is -0.473 e. The van der Waals surface area contributed by atoms with Gasteiger partial charge in [0, 0.05) is 17.4 Å². The van der Waals surface area contributed by atoms with Crippen LogP contribution in [0.15, 0.2) is 36.3 Å². The third-order valence-corrected chi connectivity index (χ3v) is 4.65. The molecule has 0 aromatic heterocycles. The van der Waals surface area contributed by atoms with Crippen molar-refractivity contribution < 1.29 is 14.3 Å². The maximum atomic E-state index is 11.7. The van der Waals surface area contributed by atoms with E-state index in [4.69, 9.17) is 9.47 Å². The summed E-state index contributed by atoms with van der Waals surface area (Å²) in [4.78, 5) is 11.7. The summed E-state index contributed by atoms with van der Waals surface area (Å²) >= 11 is 0. The fourth-order valence-electron chi connectivity index (χ4n) is 3.65. The fourth-order valence-corrected chi connectivity index (χ4v) is 3.65. The third-order valence-electron chi connectivity index (χ3n) is 4.65. The first kappa shape index (κ1) is 11.6. The molecule has 96 valence electrons. The molecule has 2 fully saturated rings. The van der Waals surface area contributed by atoms with Gasteiger partial charge < -0.3 is 9.47 Å². The van der Waals surface area contributed by atoms with E-state index in [9.17, 15) is 4.79 Å². The molecule has 3 rings (SSSR count). The number of rotatable bonds is 0. The van der Waals surface area contributed by atoms with Crippen LogP contribution in [0.3, 0.4) is 0 Å². The molecule has 3 heteroatoms. The first-order chi connectivity index (χ1) is 8.53. The zero-order chi connectivity index (χ0) is 12.9. The largest absolute Gasteiger partial charge is 0.473 e. The Morgan fingerprint density at radius 1 is 1.50 bits per heavy atom. The molecule has 2 heterocycles. The Bertz CT molecular complexity index is 474.